The van der Waals surface area contributed by atoms with Crippen molar-refractivity contribution in [2.24, 2.45) is 0 Å². The Balaban J connectivity index is 2.10. The van der Waals surface area contributed by atoms with E-state index in [9.17, 15) is 19.5 Å². The third-order valence-corrected chi connectivity index (χ3v) is 7.14. The molecule has 0 bridgehead atoms. The third kappa shape index (κ3) is 7.26. The molecule has 0 aliphatic carbocycles. The smallest absolute Gasteiger partial charge is 0.330 e. The normalized spacial score (nSPS) is 21.5. The van der Waals surface area contributed by atoms with Crippen molar-refractivity contribution in [3.63, 3.8) is 0 Å². The molecule has 0 unspecified atom stereocenters. The first-order valence-electron chi connectivity index (χ1n) is 9.19. The van der Waals surface area contributed by atoms with Crippen LogP contribution in [0.1, 0.15) is 52.3 Å². The van der Waals surface area contributed by atoms with E-state index >= 15 is 0 Å². The minimum atomic E-state index is -0.778. The summed E-state index contributed by atoms with van der Waals surface area (Å²) in [6.45, 7) is 7.32. The molecule has 1 aromatic rings. The number of aliphatic hydroxyl groups excluding tert-OH is 1. The number of carbonyl (C=O) groups excluding carboxylic acids is 1. The number of aliphatic hydroxyl groups is 1. The lowest BCUT2D eigenvalue weighted by Crippen LogP contribution is -2.33. The van der Waals surface area contributed by atoms with Gasteiger partial charge in [0, 0.05) is 36.5 Å². The van der Waals surface area contributed by atoms with Gasteiger partial charge in [-0.2, -0.15) is 0 Å². The second-order valence-electron chi connectivity index (χ2n) is 7.47. The Labute approximate surface area is 177 Å². The van der Waals surface area contributed by atoms with Crippen molar-refractivity contribution in [2.75, 3.05) is 12.4 Å². The van der Waals surface area contributed by atoms with E-state index in [2.05, 4.69) is 37.6 Å². The monoisotopic (exact) mass is 442 g/mol. The lowest BCUT2D eigenvalue weighted by atomic mass is 10.2. The van der Waals surface area contributed by atoms with Crippen molar-refractivity contribution in [1.82, 2.24) is 9.55 Å². The van der Waals surface area contributed by atoms with Gasteiger partial charge in [0.1, 0.15) is 24.0 Å². The second kappa shape index (κ2) is 10.4. The minimum absolute atomic E-state index is 0.151. The van der Waals surface area contributed by atoms with Crippen molar-refractivity contribution >= 4 is 27.6 Å². The van der Waals surface area contributed by atoms with E-state index < -0.39 is 35.7 Å². The van der Waals surface area contributed by atoms with Crippen molar-refractivity contribution in [2.45, 2.75) is 63.7 Å². The Kier molecular flexibility index (Phi) is 8.46. The van der Waals surface area contributed by atoms with Crippen LogP contribution in [-0.2, 0) is 14.3 Å². The molecule has 29 heavy (non-hydrogen) atoms. The molecule has 0 radical (unpaired) electrons. The molecule has 1 aliphatic rings. The predicted molar refractivity (Wildman–Crippen MR) is 114 cm³/mol. The number of hydrogen-bond donors (Lipinski definition) is 2. The lowest BCUT2D eigenvalue weighted by Gasteiger charge is -2.15. The van der Waals surface area contributed by atoms with Crippen molar-refractivity contribution < 1.29 is 19.4 Å². The topological polar surface area (TPSA) is 111 Å². The zero-order chi connectivity index (χ0) is 21.6. The maximum Gasteiger partial charge on any atom is 0.330 e. The summed E-state index contributed by atoms with van der Waals surface area (Å²) in [5.41, 5.74) is -1.07. The van der Waals surface area contributed by atoms with Crippen LogP contribution in [-0.4, -0.2) is 49.9 Å². The number of esters is 1. The van der Waals surface area contributed by atoms with Crippen molar-refractivity contribution in [3.05, 3.63) is 32.6 Å². The van der Waals surface area contributed by atoms with Crippen LogP contribution in [0.4, 0.5) is 0 Å². The Bertz CT molecular complexity index is 893. The summed E-state index contributed by atoms with van der Waals surface area (Å²) in [5.74, 6) is 6.08. The zero-order valence-electron chi connectivity index (χ0n) is 16.9. The van der Waals surface area contributed by atoms with Crippen LogP contribution in [0, 0.1) is 11.8 Å². The van der Waals surface area contributed by atoms with E-state index in [1.165, 1.54) is 17.7 Å². The standard InChI is InChI=1S/C19H26N2O6S2/c1-12(23)26-14-9-16(27-15(14)11-22)21-10-13(17(24)20-18(21)25)7-5-6-8-28-29-19(2,3)4/h10,14-16,22H,6,8-9,11H2,1-4H3,(H,20,24,25)/t14-,15+,16+/m0/s1. The molecule has 0 saturated carbocycles. The Hall–Kier alpha value is -1.67. The zero-order valence-corrected chi connectivity index (χ0v) is 18.5. The number of aromatic nitrogens is 2. The molecule has 2 heterocycles. The first-order valence-corrected chi connectivity index (χ1v) is 11.5. The van der Waals surface area contributed by atoms with Gasteiger partial charge < -0.3 is 14.6 Å². The molecular weight excluding hydrogens is 416 g/mol. The number of H-pyrrole nitrogens is 1. The molecule has 8 nitrogen and oxygen atoms in total. The Morgan fingerprint density at radius 3 is 2.79 bits per heavy atom. The van der Waals surface area contributed by atoms with Gasteiger partial charge in [-0.25, -0.2) is 4.79 Å². The van der Waals surface area contributed by atoms with Gasteiger partial charge in [0.2, 0.25) is 0 Å². The number of aromatic amines is 1. The Morgan fingerprint density at radius 1 is 1.45 bits per heavy atom. The molecule has 2 rings (SSSR count). The molecule has 1 aliphatic heterocycles. The van der Waals surface area contributed by atoms with Crippen LogP contribution in [0.25, 0.3) is 0 Å². The number of rotatable bonds is 6. The molecule has 1 aromatic heterocycles. The first kappa shape index (κ1) is 23.6. The highest BCUT2D eigenvalue weighted by Gasteiger charge is 2.38. The molecule has 1 fully saturated rings. The summed E-state index contributed by atoms with van der Waals surface area (Å²) < 4.78 is 12.2. The van der Waals surface area contributed by atoms with E-state index in [4.69, 9.17) is 9.47 Å². The van der Waals surface area contributed by atoms with Crippen LogP contribution in [0.3, 0.4) is 0 Å². The van der Waals surface area contributed by atoms with Gasteiger partial charge in [0.15, 0.2) is 0 Å². The van der Waals surface area contributed by atoms with Gasteiger partial charge in [-0.3, -0.25) is 19.1 Å². The minimum Gasteiger partial charge on any atom is -0.460 e. The van der Waals surface area contributed by atoms with Gasteiger partial charge in [-0.05, 0) is 0 Å². The fourth-order valence-electron chi connectivity index (χ4n) is 2.63. The summed E-state index contributed by atoms with van der Waals surface area (Å²) in [6.07, 6.45) is -0.0547. The van der Waals surface area contributed by atoms with Gasteiger partial charge >= 0.3 is 11.7 Å². The van der Waals surface area contributed by atoms with Crippen LogP contribution >= 0.6 is 21.6 Å². The highest BCUT2D eigenvalue weighted by molar-refractivity contribution is 8.77. The molecule has 160 valence electrons. The number of nitrogens with one attached hydrogen (secondary N) is 1. The molecule has 2 N–H and O–H groups in total. The second-order valence-corrected chi connectivity index (χ2v) is 10.7. The SMILES string of the molecule is CC(=O)O[C@H]1C[C@H](n2cc(C#CCCSSC(C)(C)C)c(=O)[nH]c2=O)O[C@@H]1CO. The van der Waals surface area contributed by atoms with Crippen LogP contribution in [0.2, 0.25) is 0 Å². The summed E-state index contributed by atoms with van der Waals surface area (Å²) in [4.78, 5) is 37.7. The highest BCUT2D eigenvalue weighted by Crippen LogP contribution is 2.35. The summed E-state index contributed by atoms with van der Waals surface area (Å²) >= 11 is 0. The fraction of sp³-hybridized carbons (Fsp3) is 0.632. The molecule has 10 heteroatoms. The summed E-state index contributed by atoms with van der Waals surface area (Å²) in [5, 5.41) is 9.43. The molecule has 1 saturated heterocycles. The molecule has 3 atom stereocenters. The van der Waals surface area contributed by atoms with E-state index in [1.54, 1.807) is 21.6 Å². The average Bonchev–Trinajstić information content (AvgIpc) is 3.00. The van der Waals surface area contributed by atoms with Gasteiger partial charge in [-0.1, -0.05) is 54.2 Å². The van der Waals surface area contributed by atoms with Crippen molar-refractivity contribution in [1.29, 1.82) is 0 Å². The molecule has 0 aromatic carbocycles. The fourth-order valence-corrected chi connectivity index (χ4v) is 4.81. The molecular formula is C19H26N2O6S2. The van der Waals surface area contributed by atoms with E-state index in [1.807, 2.05) is 0 Å². The molecule has 0 spiro atoms. The number of nitrogens with zero attached hydrogens (tertiary/aromatic N) is 1. The number of ether oxygens (including phenoxy) is 2. The molecule has 0 amide bonds. The summed E-state index contributed by atoms with van der Waals surface area (Å²) in [6, 6.07) is 0. The Morgan fingerprint density at radius 2 is 2.17 bits per heavy atom. The van der Waals surface area contributed by atoms with E-state index in [0.717, 1.165) is 5.75 Å². The quantitative estimate of drug-likeness (QED) is 0.296. The van der Waals surface area contributed by atoms with E-state index in [-0.39, 0.29) is 23.3 Å². The largest absolute Gasteiger partial charge is 0.460 e. The number of hydrogen-bond acceptors (Lipinski definition) is 8. The van der Waals surface area contributed by atoms with Crippen LogP contribution in [0.5, 0.6) is 0 Å². The first-order chi connectivity index (χ1) is 13.6. The van der Waals surface area contributed by atoms with Gasteiger partial charge in [-0.15, -0.1) is 0 Å². The maximum atomic E-state index is 12.2. The van der Waals surface area contributed by atoms with Crippen LogP contribution in [0.15, 0.2) is 15.8 Å². The van der Waals surface area contributed by atoms with Gasteiger partial charge in [0.25, 0.3) is 5.56 Å². The third-order valence-electron chi connectivity index (χ3n) is 3.80. The van der Waals surface area contributed by atoms with Crippen LogP contribution < -0.4 is 11.2 Å². The maximum absolute atomic E-state index is 12.2. The highest BCUT2D eigenvalue weighted by atomic mass is 33.1. The summed E-state index contributed by atoms with van der Waals surface area (Å²) in [7, 11) is 3.49. The average molecular weight is 443 g/mol. The number of carbonyl (C=O) groups is 1. The van der Waals surface area contributed by atoms with E-state index in [0.29, 0.717) is 6.42 Å². The van der Waals surface area contributed by atoms with Gasteiger partial charge in [0.05, 0.1) is 6.61 Å². The lowest BCUT2D eigenvalue weighted by molar-refractivity contribution is -0.150. The van der Waals surface area contributed by atoms with Crippen molar-refractivity contribution in [3.8, 4) is 11.8 Å². The predicted octanol–water partition coefficient (Wildman–Crippen LogP) is 1.67.